The highest BCUT2D eigenvalue weighted by Crippen LogP contribution is 2.09. The van der Waals surface area contributed by atoms with Gasteiger partial charge in [0.05, 0.1) is 18.9 Å². The molecule has 100 valence electrons. The molecule has 0 aromatic carbocycles. The minimum absolute atomic E-state index is 0.0918. The van der Waals surface area contributed by atoms with Crippen molar-refractivity contribution >= 4 is 11.9 Å². The van der Waals surface area contributed by atoms with Crippen LogP contribution in [-0.2, 0) is 20.9 Å². The van der Waals surface area contributed by atoms with E-state index in [9.17, 15) is 9.59 Å². The SMILES string of the molecule is CC(C)(C)OC(=O)CCC(=O)NCc1ccoc1. The molecule has 0 aliphatic heterocycles. The summed E-state index contributed by atoms with van der Waals surface area (Å²) in [5.41, 5.74) is 0.380. The summed E-state index contributed by atoms with van der Waals surface area (Å²) in [5, 5.41) is 2.70. The average Bonchev–Trinajstić information content (AvgIpc) is 2.74. The molecule has 0 saturated heterocycles. The first kappa shape index (κ1) is 14.3. The largest absolute Gasteiger partial charge is 0.472 e. The predicted octanol–water partition coefficient (Wildman–Crippen LogP) is 2.02. The van der Waals surface area contributed by atoms with Gasteiger partial charge in [0.2, 0.25) is 5.91 Å². The van der Waals surface area contributed by atoms with E-state index in [1.807, 2.05) is 0 Å². The van der Waals surface area contributed by atoms with Crippen LogP contribution in [0.5, 0.6) is 0 Å². The first-order valence-electron chi connectivity index (χ1n) is 5.86. The third kappa shape index (κ3) is 6.08. The second kappa shape index (κ2) is 6.23. The van der Waals surface area contributed by atoms with E-state index in [1.54, 1.807) is 39.4 Å². The Morgan fingerprint density at radius 1 is 1.33 bits per heavy atom. The highest BCUT2D eigenvalue weighted by atomic mass is 16.6. The van der Waals surface area contributed by atoms with Crippen LogP contribution in [0.4, 0.5) is 0 Å². The van der Waals surface area contributed by atoms with Crippen molar-refractivity contribution in [3.05, 3.63) is 24.2 Å². The lowest BCUT2D eigenvalue weighted by Crippen LogP contribution is -2.26. The molecule has 0 bridgehead atoms. The Morgan fingerprint density at radius 3 is 2.61 bits per heavy atom. The zero-order valence-electron chi connectivity index (χ0n) is 11.0. The van der Waals surface area contributed by atoms with Crippen molar-refractivity contribution in [3.63, 3.8) is 0 Å². The summed E-state index contributed by atoms with van der Waals surface area (Å²) < 4.78 is 9.98. The third-order valence-electron chi connectivity index (χ3n) is 2.05. The molecule has 0 unspecified atom stereocenters. The first-order valence-corrected chi connectivity index (χ1v) is 5.86. The maximum atomic E-state index is 11.5. The highest BCUT2D eigenvalue weighted by Gasteiger charge is 2.16. The van der Waals surface area contributed by atoms with E-state index < -0.39 is 5.60 Å². The lowest BCUT2D eigenvalue weighted by Gasteiger charge is -2.19. The standard InChI is InChI=1S/C13H19NO4/c1-13(2,3)18-12(16)5-4-11(15)14-8-10-6-7-17-9-10/h6-7,9H,4-5,8H2,1-3H3,(H,14,15). The number of rotatable bonds is 5. The smallest absolute Gasteiger partial charge is 0.306 e. The zero-order valence-corrected chi connectivity index (χ0v) is 11.0. The van der Waals surface area contributed by atoms with Gasteiger partial charge in [0.1, 0.15) is 5.60 Å². The average molecular weight is 253 g/mol. The molecule has 0 aliphatic carbocycles. The molecule has 0 spiro atoms. The predicted molar refractivity (Wildman–Crippen MR) is 65.6 cm³/mol. The lowest BCUT2D eigenvalue weighted by atomic mass is 10.2. The fourth-order valence-electron chi connectivity index (χ4n) is 1.29. The van der Waals surface area contributed by atoms with Gasteiger partial charge in [-0.25, -0.2) is 0 Å². The number of carbonyl (C=O) groups excluding carboxylic acids is 2. The lowest BCUT2D eigenvalue weighted by molar-refractivity contribution is -0.155. The molecule has 1 amide bonds. The molecule has 18 heavy (non-hydrogen) atoms. The van der Waals surface area contributed by atoms with E-state index >= 15 is 0 Å². The maximum absolute atomic E-state index is 11.5. The minimum Gasteiger partial charge on any atom is -0.472 e. The Kier molecular flexibility index (Phi) is 4.95. The van der Waals surface area contributed by atoms with Crippen LogP contribution in [0.1, 0.15) is 39.2 Å². The summed E-state index contributed by atoms with van der Waals surface area (Å²) in [6.45, 7) is 5.79. The van der Waals surface area contributed by atoms with Crippen LogP contribution in [0.2, 0.25) is 0 Å². The van der Waals surface area contributed by atoms with Crippen molar-refractivity contribution in [2.24, 2.45) is 0 Å². The van der Waals surface area contributed by atoms with Crippen LogP contribution in [0.3, 0.4) is 0 Å². The zero-order chi connectivity index (χ0) is 13.6. The maximum Gasteiger partial charge on any atom is 0.306 e. The Bertz CT molecular complexity index is 390. The van der Waals surface area contributed by atoms with E-state index in [-0.39, 0.29) is 24.7 Å². The van der Waals surface area contributed by atoms with E-state index in [1.165, 1.54) is 0 Å². The van der Waals surface area contributed by atoms with Gasteiger partial charge in [-0.3, -0.25) is 9.59 Å². The van der Waals surface area contributed by atoms with Gasteiger partial charge < -0.3 is 14.5 Å². The molecule has 5 nitrogen and oxygen atoms in total. The molecule has 5 heteroatoms. The van der Waals surface area contributed by atoms with Crippen LogP contribution in [0, 0.1) is 0 Å². The van der Waals surface area contributed by atoms with Crippen LogP contribution in [-0.4, -0.2) is 17.5 Å². The number of hydrogen-bond acceptors (Lipinski definition) is 4. The molecule has 1 aromatic rings. The van der Waals surface area contributed by atoms with E-state index in [2.05, 4.69) is 5.32 Å². The number of ether oxygens (including phenoxy) is 1. The molecule has 1 aromatic heterocycles. The van der Waals surface area contributed by atoms with Crippen molar-refractivity contribution < 1.29 is 18.7 Å². The Balaban J connectivity index is 2.19. The number of amides is 1. The molecule has 0 atom stereocenters. The van der Waals surface area contributed by atoms with Gasteiger partial charge in [-0.15, -0.1) is 0 Å². The van der Waals surface area contributed by atoms with Gasteiger partial charge in [0.15, 0.2) is 0 Å². The highest BCUT2D eigenvalue weighted by molar-refractivity contribution is 5.81. The molecule has 0 aliphatic rings. The molecule has 0 radical (unpaired) electrons. The van der Waals surface area contributed by atoms with Crippen LogP contribution in [0.25, 0.3) is 0 Å². The van der Waals surface area contributed by atoms with Crippen molar-refractivity contribution in [2.75, 3.05) is 0 Å². The Hall–Kier alpha value is -1.78. The second-order valence-electron chi connectivity index (χ2n) is 4.99. The van der Waals surface area contributed by atoms with Crippen LogP contribution in [0.15, 0.2) is 23.0 Å². The van der Waals surface area contributed by atoms with Gasteiger partial charge in [0.25, 0.3) is 0 Å². The van der Waals surface area contributed by atoms with Crippen molar-refractivity contribution in [1.29, 1.82) is 0 Å². The summed E-state index contributed by atoms with van der Waals surface area (Å²) in [6.07, 6.45) is 3.33. The number of furan rings is 1. The molecule has 1 heterocycles. The van der Waals surface area contributed by atoms with Crippen LogP contribution >= 0.6 is 0 Å². The second-order valence-corrected chi connectivity index (χ2v) is 4.99. The van der Waals surface area contributed by atoms with E-state index in [0.717, 1.165) is 5.56 Å². The molecule has 0 fully saturated rings. The molecular formula is C13H19NO4. The fraction of sp³-hybridized carbons (Fsp3) is 0.538. The molecule has 1 N–H and O–H groups in total. The topological polar surface area (TPSA) is 68.5 Å². The fourth-order valence-corrected chi connectivity index (χ4v) is 1.29. The summed E-state index contributed by atoms with van der Waals surface area (Å²) in [6, 6.07) is 1.77. The molecule has 1 rings (SSSR count). The summed E-state index contributed by atoms with van der Waals surface area (Å²) in [5.74, 6) is -0.539. The number of esters is 1. The third-order valence-corrected chi connectivity index (χ3v) is 2.05. The molecule has 0 saturated carbocycles. The number of nitrogens with one attached hydrogen (secondary N) is 1. The number of hydrogen-bond donors (Lipinski definition) is 1. The van der Waals surface area contributed by atoms with Crippen LogP contribution < -0.4 is 5.32 Å². The van der Waals surface area contributed by atoms with Gasteiger partial charge in [-0.05, 0) is 26.8 Å². The summed E-state index contributed by atoms with van der Waals surface area (Å²) >= 11 is 0. The van der Waals surface area contributed by atoms with Crippen molar-refractivity contribution in [3.8, 4) is 0 Å². The minimum atomic E-state index is -0.510. The Morgan fingerprint density at radius 2 is 2.06 bits per heavy atom. The monoisotopic (exact) mass is 253 g/mol. The normalized spacial score (nSPS) is 11.1. The van der Waals surface area contributed by atoms with Gasteiger partial charge in [-0.1, -0.05) is 0 Å². The summed E-state index contributed by atoms with van der Waals surface area (Å²) in [7, 11) is 0. The Labute approximate surface area is 106 Å². The number of carbonyl (C=O) groups is 2. The van der Waals surface area contributed by atoms with E-state index in [4.69, 9.17) is 9.15 Å². The molecular weight excluding hydrogens is 234 g/mol. The van der Waals surface area contributed by atoms with Crippen molar-refractivity contribution in [1.82, 2.24) is 5.32 Å². The van der Waals surface area contributed by atoms with Gasteiger partial charge in [-0.2, -0.15) is 0 Å². The van der Waals surface area contributed by atoms with Gasteiger partial charge in [0, 0.05) is 18.5 Å². The quantitative estimate of drug-likeness (QED) is 0.815. The first-order chi connectivity index (χ1) is 8.37. The van der Waals surface area contributed by atoms with E-state index in [0.29, 0.717) is 6.54 Å². The van der Waals surface area contributed by atoms with Crippen molar-refractivity contribution in [2.45, 2.75) is 45.8 Å². The van der Waals surface area contributed by atoms with Gasteiger partial charge >= 0.3 is 5.97 Å². The summed E-state index contributed by atoms with van der Waals surface area (Å²) in [4.78, 5) is 22.8.